The van der Waals surface area contributed by atoms with Gasteiger partial charge >= 0.3 is 5.69 Å². The Morgan fingerprint density at radius 2 is 2.44 bits per heavy atom. The molecule has 1 aliphatic heterocycles. The average Bonchev–Trinajstić information content (AvgIpc) is 2.71. The number of aryl methyl sites for hydroxylation is 1. The summed E-state index contributed by atoms with van der Waals surface area (Å²) in [7, 11) is 0. The highest BCUT2D eigenvalue weighted by Gasteiger charge is 2.27. The molecular formula is C9H12N2O4S. The minimum Gasteiger partial charge on any atom is -0.393 e. The zero-order chi connectivity index (χ0) is 11.7. The van der Waals surface area contributed by atoms with Crippen LogP contribution in [0.15, 0.2) is 15.8 Å². The van der Waals surface area contributed by atoms with Crippen LogP contribution in [0.2, 0.25) is 0 Å². The molecule has 1 aromatic heterocycles. The molecule has 0 bridgehead atoms. The van der Waals surface area contributed by atoms with Crippen molar-refractivity contribution < 1.29 is 9.84 Å². The minimum atomic E-state index is -0.486. The van der Waals surface area contributed by atoms with Crippen LogP contribution < -0.4 is 11.2 Å². The summed E-state index contributed by atoms with van der Waals surface area (Å²) in [6, 6.07) is 0. The molecule has 0 aromatic carbocycles. The van der Waals surface area contributed by atoms with Gasteiger partial charge in [0.25, 0.3) is 5.56 Å². The number of nitrogens with zero attached hydrogens (tertiary/aromatic N) is 1. The maximum atomic E-state index is 11.5. The normalized spacial score (nSPS) is 24.9. The lowest BCUT2D eigenvalue weighted by Gasteiger charge is -2.13. The topological polar surface area (TPSA) is 84.3 Å². The molecule has 1 aliphatic rings. The van der Waals surface area contributed by atoms with Crippen LogP contribution in [0.4, 0.5) is 0 Å². The third-order valence-corrected chi connectivity index (χ3v) is 3.45. The Labute approximate surface area is 95.3 Å². The van der Waals surface area contributed by atoms with E-state index in [4.69, 9.17) is 9.84 Å². The van der Waals surface area contributed by atoms with Crippen molar-refractivity contribution in [1.82, 2.24) is 9.55 Å². The van der Waals surface area contributed by atoms with Gasteiger partial charge in [-0.05, 0) is 6.92 Å². The fourth-order valence-electron chi connectivity index (χ4n) is 1.49. The second kappa shape index (κ2) is 4.44. The highest BCUT2D eigenvalue weighted by atomic mass is 32.2. The Hall–Kier alpha value is -1.05. The van der Waals surface area contributed by atoms with Gasteiger partial charge in [0, 0.05) is 17.5 Å². The van der Waals surface area contributed by atoms with Crippen LogP contribution in [0, 0.1) is 6.92 Å². The van der Waals surface area contributed by atoms with Crippen molar-refractivity contribution in [2.45, 2.75) is 18.6 Å². The van der Waals surface area contributed by atoms with E-state index < -0.39 is 11.9 Å². The Bertz CT molecular complexity index is 495. The number of ether oxygens (including phenoxy) is 1. The van der Waals surface area contributed by atoms with E-state index >= 15 is 0 Å². The molecule has 1 saturated heterocycles. The number of hydrogen-bond acceptors (Lipinski definition) is 5. The lowest BCUT2D eigenvalue weighted by Crippen LogP contribution is -2.34. The molecule has 1 fully saturated rings. The third kappa shape index (κ3) is 2.06. The molecule has 0 saturated carbocycles. The van der Waals surface area contributed by atoms with E-state index in [2.05, 4.69) is 4.98 Å². The van der Waals surface area contributed by atoms with Crippen molar-refractivity contribution in [3.8, 4) is 0 Å². The zero-order valence-electron chi connectivity index (χ0n) is 8.67. The minimum absolute atomic E-state index is 0.0851. The van der Waals surface area contributed by atoms with E-state index in [1.165, 1.54) is 22.5 Å². The Morgan fingerprint density at radius 3 is 3.06 bits per heavy atom. The van der Waals surface area contributed by atoms with Crippen molar-refractivity contribution >= 4 is 11.8 Å². The first-order valence-electron chi connectivity index (χ1n) is 4.82. The number of rotatable bonds is 2. The number of aliphatic hydroxyl groups excluding tert-OH is 1. The quantitative estimate of drug-likeness (QED) is 0.727. The SMILES string of the molecule is Cc1cn([C@@H]2CS[C@@H](CO)O2)c(=O)[nH]c1=O. The molecule has 88 valence electrons. The standard InChI is InChI=1S/C9H12N2O4S/c1-5-2-11(9(14)10-8(5)13)6-4-16-7(3-12)15-6/h2,6-7,12H,3-4H2,1H3,(H,10,13,14)/t6-,7-/m0/s1. The monoisotopic (exact) mass is 244 g/mol. The van der Waals surface area contributed by atoms with Crippen LogP contribution in [0.3, 0.4) is 0 Å². The first-order chi connectivity index (χ1) is 7.61. The highest BCUT2D eigenvalue weighted by Crippen LogP contribution is 2.30. The Kier molecular flexibility index (Phi) is 3.17. The van der Waals surface area contributed by atoms with Gasteiger partial charge in [-0.2, -0.15) is 0 Å². The second-order valence-corrected chi connectivity index (χ2v) is 4.71. The number of nitrogens with one attached hydrogen (secondary N) is 1. The lowest BCUT2D eigenvalue weighted by atomic mass is 10.4. The van der Waals surface area contributed by atoms with Crippen LogP contribution in [0.25, 0.3) is 0 Å². The van der Waals surface area contributed by atoms with Crippen molar-refractivity contribution in [1.29, 1.82) is 0 Å². The Morgan fingerprint density at radius 1 is 1.69 bits per heavy atom. The number of hydrogen-bond donors (Lipinski definition) is 2. The van der Waals surface area contributed by atoms with Gasteiger partial charge in [-0.25, -0.2) is 4.79 Å². The number of thioether (sulfide) groups is 1. The third-order valence-electron chi connectivity index (χ3n) is 2.34. The molecule has 2 heterocycles. The predicted molar refractivity (Wildman–Crippen MR) is 59.5 cm³/mol. The summed E-state index contributed by atoms with van der Waals surface area (Å²) in [6.07, 6.45) is 1.05. The second-order valence-electron chi connectivity index (χ2n) is 3.51. The molecule has 6 nitrogen and oxygen atoms in total. The van der Waals surface area contributed by atoms with E-state index in [0.717, 1.165) is 0 Å². The van der Waals surface area contributed by atoms with Gasteiger partial charge in [0.15, 0.2) is 0 Å². The molecule has 2 rings (SSSR count). The van der Waals surface area contributed by atoms with Gasteiger partial charge in [0.05, 0.1) is 6.61 Å². The van der Waals surface area contributed by atoms with Crippen LogP contribution in [-0.4, -0.2) is 32.5 Å². The number of H-pyrrole nitrogens is 1. The first kappa shape index (κ1) is 11.4. The molecule has 2 N–H and O–H groups in total. The number of aromatic nitrogens is 2. The summed E-state index contributed by atoms with van der Waals surface area (Å²) < 4.78 is 6.77. The molecule has 2 atom stereocenters. The molecule has 16 heavy (non-hydrogen) atoms. The fraction of sp³-hybridized carbons (Fsp3) is 0.556. The van der Waals surface area contributed by atoms with Crippen LogP contribution in [0.1, 0.15) is 11.8 Å². The van der Waals surface area contributed by atoms with Crippen LogP contribution in [0.5, 0.6) is 0 Å². The van der Waals surface area contributed by atoms with Gasteiger partial charge in [0.1, 0.15) is 11.7 Å². The Balaban J connectivity index is 2.32. The van der Waals surface area contributed by atoms with Gasteiger partial charge < -0.3 is 9.84 Å². The molecule has 0 amide bonds. The average molecular weight is 244 g/mol. The molecule has 0 aliphatic carbocycles. The lowest BCUT2D eigenvalue weighted by molar-refractivity contribution is -0.00650. The molecule has 0 spiro atoms. The van der Waals surface area contributed by atoms with Crippen molar-refractivity contribution in [2.75, 3.05) is 12.4 Å². The molecule has 7 heteroatoms. The summed E-state index contributed by atoms with van der Waals surface area (Å²) >= 11 is 1.44. The van der Waals surface area contributed by atoms with Crippen molar-refractivity contribution in [2.24, 2.45) is 0 Å². The van der Waals surface area contributed by atoms with Gasteiger partial charge in [-0.3, -0.25) is 14.3 Å². The summed E-state index contributed by atoms with van der Waals surface area (Å²) in [5, 5.41) is 8.91. The van der Waals surface area contributed by atoms with E-state index in [1.54, 1.807) is 6.92 Å². The summed E-state index contributed by atoms with van der Waals surface area (Å²) in [4.78, 5) is 24.9. The van der Waals surface area contributed by atoms with E-state index in [9.17, 15) is 9.59 Å². The fourth-order valence-corrected chi connectivity index (χ4v) is 2.42. The number of aromatic amines is 1. The van der Waals surface area contributed by atoms with Crippen LogP contribution in [-0.2, 0) is 4.74 Å². The predicted octanol–water partition coefficient (Wildman–Crippen LogP) is -0.575. The largest absolute Gasteiger partial charge is 0.393 e. The smallest absolute Gasteiger partial charge is 0.330 e. The zero-order valence-corrected chi connectivity index (χ0v) is 9.49. The van der Waals surface area contributed by atoms with E-state index in [1.807, 2.05) is 0 Å². The summed E-state index contributed by atoms with van der Waals surface area (Å²) in [5.74, 6) is 0.580. The van der Waals surface area contributed by atoms with E-state index in [0.29, 0.717) is 11.3 Å². The highest BCUT2D eigenvalue weighted by molar-refractivity contribution is 8.00. The maximum Gasteiger partial charge on any atom is 0.330 e. The molecule has 0 unspecified atom stereocenters. The summed E-state index contributed by atoms with van der Waals surface area (Å²) in [5.41, 5.74) is -0.713. The first-order valence-corrected chi connectivity index (χ1v) is 5.86. The van der Waals surface area contributed by atoms with Gasteiger partial charge in [-0.1, -0.05) is 0 Å². The van der Waals surface area contributed by atoms with Gasteiger partial charge in [-0.15, -0.1) is 11.8 Å². The summed E-state index contributed by atoms with van der Waals surface area (Å²) in [6.45, 7) is 1.54. The maximum absolute atomic E-state index is 11.5. The molecular weight excluding hydrogens is 232 g/mol. The molecule has 1 aromatic rings. The van der Waals surface area contributed by atoms with Crippen molar-refractivity contribution in [3.05, 3.63) is 32.6 Å². The van der Waals surface area contributed by atoms with Gasteiger partial charge in [0.2, 0.25) is 0 Å². The van der Waals surface area contributed by atoms with Crippen LogP contribution >= 0.6 is 11.8 Å². The van der Waals surface area contributed by atoms with Crippen molar-refractivity contribution in [3.63, 3.8) is 0 Å². The number of aliphatic hydroxyl groups is 1. The molecule has 0 radical (unpaired) electrons. The van der Waals surface area contributed by atoms with E-state index in [-0.39, 0.29) is 17.6 Å².